The van der Waals surface area contributed by atoms with Crippen molar-refractivity contribution in [1.82, 2.24) is 14.8 Å². The molecule has 0 atom stereocenters. The maximum absolute atomic E-state index is 12.5. The van der Waals surface area contributed by atoms with Crippen LogP contribution in [-0.2, 0) is 7.05 Å². The van der Waals surface area contributed by atoms with E-state index in [4.69, 9.17) is 0 Å². The molecule has 2 aromatic heterocycles. The van der Waals surface area contributed by atoms with Gasteiger partial charge in [-0.3, -0.25) is 9.48 Å². The first-order chi connectivity index (χ1) is 11.1. The van der Waals surface area contributed by atoms with Gasteiger partial charge in [0.1, 0.15) is 5.03 Å². The summed E-state index contributed by atoms with van der Waals surface area (Å²) in [6.07, 6.45) is 3.51. The molecule has 0 aliphatic carbocycles. The Morgan fingerprint density at radius 1 is 1.22 bits per heavy atom. The van der Waals surface area contributed by atoms with Gasteiger partial charge in [-0.25, -0.2) is 4.98 Å². The molecule has 1 N–H and O–H groups in total. The Balaban J connectivity index is 1.82. The second-order valence-electron chi connectivity index (χ2n) is 4.74. The Kier molecular flexibility index (Phi) is 4.78. The van der Waals surface area contributed by atoms with Crippen molar-refractivity contribution in [3.05, 3.63) is 64.9 Å². The largest absolute Gasteiger partial charge is 0.305 e. The van der Waals surface area contributed by atoms with E-state index in [1.165, 1.54) is 11.8 Å². The molecule has 3 rings (SSSR count). The molecular weight excluding hydrogens is 376 g/mol. The summed E-state index contributed by atoms with van der Waals surface area (Å²) < 4.78 is 2.56. The second kappa shape index (κ2) is 6.97. The number of benzene rings is 1. The lowest BCUT2D eigenvalue weighted by Crippen LogP contribution is -2.13. The quantitative estimate of drug-likeness (QED) is 0.733. The summed E-state index contributed by atoms with van der Waals surface area (Å²) in [7, 11) is 1.80. The number of rotatable bonds is 4. The fourth-order valence-corrected chi connectivity index (χ4v) is 3.06. The van der Waals surface area contributed by atoms with Gasteiger partial charge in [0.25, 0.3) is 5.91 Å². The number of carbonyl (C=O) groups excluding carboxylic acids is 1. The summed E-state index contributed by atoms with van der Waals surface area (Å²) in [4.78, 5) is 17.7. The molecule has 0 fully saturated rings. The van der Waals surface area contributed by atoms with Crippen LogP contribution in [0.4, 0.5) is 5.82 Å². The Morgan fingerprint density at radius 3 is 2.74 bits per heavy atom. The van der Waals surface area contributed by atoms with E-state index in [0.717, 1.165) is 14.4 Å². The number of hydrogen-bond acceptors (Lipinski definition) is 4. The number of carbonyl (C=O) groups is 1. The molecule has 5 nitrogen and oxygen atoms in total. The maximum Gasteiger partial charge on any atom is 0.258 e. The number of nitrogens with one attached hydrogen (secondary N) is 1. The lowest BCUT2D eigenvalue weighted by molar-refractivity contribution is 0.102. The van der Waals surface area contributed by atoms with Crippen LogP contribution in [0.1, 0.15) is 10.4 Å². The average molecular weight is 389 g/mol. The molecule has 7 heteroatoms. The molecule has 0 saturated heterocycles. The third-order valence-electron chi connectivity index (χ3n) is 3.00. The predicted octanol–water partition coefficient (Wildman–Crippen LogP) is 3.98. The molecule has 0 spiro atoms. The standard InChI is InChI=1S/C16H13BrN4OS/c1-21-9-8-14(20-21)19-16(22)12-4-2-3-5-13(12)23-15-7-6-11(17)10-18-15/h2-10H,1H3,(H,19,20,22). The number of nitrogens with zero attached hydrogens (tertiary/aromatic N) is 3. The minimum atomic E-state index is -0.191. The van der Waals surface area contributed by atoms with E-state index < -0.39 is 0 Å². The third-order valence-corrected chi connectivity index (χ3v) is 4.50. The van der Waals surface area contributed by atoms with Crippen molar-refractivity contribution in [3.8, 4) is 0 Å². The van der Waals surface area contributed by atoms with Gasteiger partial charge in [0.15, 0.2) is 5.82 Å². The molecule has 0 aliphatic heterocycles. The van der Waals surface area contributed by atoms with Crippen LogP contribution < -0.4 is 5.32 Å². The lowest BCUT2D eigenvalue weighted by atomic mass is 10.2. The molecule has 0 bridgehead atoms. The second-order valence-corrected chi connectivity index (χ2v) is 6.72. The number of aromatic nitrogens is 3. The van der Waals surface area contributed by atoms with Gasteiger partial charge in [-0.2, -0.15) is 5.10 Å². The van der Waals surface area contributed by atoms with E-state index in [-0.39, 0.29) is 5.91 Å². The van der Waals surface area contributed by atoms with E-state index in [9.17, 15) is 4.79 Å². The van der Waals surface area contributed by atoms with Crippen LogP contribution in [0.3, 0.4) is 0 Å². The first-order valence-electron chi connectivity index (χ1n) is 6.81. The number of anilines is 1. The molecule has 0 aliphatic rings. The molecule has 3 aromatic rings. The summed E-state index contributed by atoms with van der Waals surface area (Å²) >= 11 is 4.81. The fourth-order valence-electron chi connectivity index (χ4n) is 1.94. The molecule has 1 amide bonds. The first kappa shape index (κ1) is 15.8. The van der Waals surface area contributed by atoms with E-state index in [1.54, 1.807) is 36.3 Å². The molecule has 2 heterocycles. The van der Waals surface area contributed by atoms with Crippen molar-refractivity contribution < 1.29 is 4.79 Å². The number of pyridine rings is 1. The summed E-state index contributed by atoms with van der Waals surface area (Å²) in [6.45, 7) is 0. The summed E-state index contributed by atoms with van der Waals surface area (Å²) in [6, 6.07) is 13.0. The first-order valence-corrected chi connectivity index (χ1v) is 8.42. The van der Waals surface area contributed by atoms with Gasteiger partial charge in [0.05, 0.1) is 5.56 Å². The Labute approximate surface area is 146 Å². The van der Waals surface area contributed by atoms with Crippen LogP contribution in [0.25, 0.3) is 0 Å². The van der Waals surface area contributed by atoms with Crippen molar-refractivity contribution in [1.29, 1.82) is 0 Å². The summed E-state index contributed by atoms with van der Waals surface area (Å²) in [5.41, 5.74) is 0.591. The molecule has 116 valence electrons. The van der Waals surface area contributed by atoms with Gasteiger partial charge in [-0.1, -0.05) is 23.9 Å². The number of halogens is 1. The maximum atomic E-state index is 12.5. The van der Waals surface area contributed by atoms with Crippen LogP contribution in [0.5, 0.6) is 0 Å². The molecule has 0 radical (unpaired) electrons. The number of hydrogen-bond donors (Lipinski definition) is 1. The Hall–Kier alpha value is -2.12. The van der Waals surface area contributed by atoms with E-state index in [1.807, 2.05) is 30.3 Å². The zero-order valence-electron chi connectivity index (χ0n) is 12.2. The highest BCUT2D eigenvalue weighted by molar-refractivity contribution is 9.10. The average Bonchev–Trinajstić information content (AvgIpc) is 2.95. The minimum Gasteiger partial charge on any atom is -0.305 e. The summed E-state index contributed by atoms with van der Waals surface area (Å²) in [5.74, 6) is 0.336. The zero-order valence-corrected chi connectivity index (χ0v) is 14.6. The lowest BCUT2D eigenvalue weighted by Gasteiger charge is -2.08. The van der Waals surface area contributed by atoms with Gasteiger partial charge in [-0.15, -0.1) is 0 Å². The van der Waals surface area contributed by atoms with E-state index in [0.29, 0.717) is 11.4 Å². The van der Waals surface area contributed by atoms with Crippen LogP contribution in [0.15, 0.2) is 69.3 Å². The van der Waals surface area contributed by atoms with Crippen molar-refractivity contribution in [3.63, 3.8) is 0 Å². The number of amides is 1. The van der Waals surface area contributed by atoms with Crippen molar-refractivity contribution in [2.45, 2.75) is 9.92 Å². The predicted molar refractivity (Wildman–Crippen MR) is 93.7 cm³/mol. The van der Waals surface area contributed by atoms with Gasteiger partial charge < -0.3 is 5.32 Å². The van der Waals surface area contributed by atoms with Crippen LogP contribution >= 0.6 is 27.7 Å². The van der Waals surface area contributed by atoms with Gasteiger partial charge >= 0.3 is 0 Å². The van der Waals surface area contributed by atoms with Crippen LogP contribution in [0, 0.1) is 0 Å². The number of aryl methyl sites for hydroxylation is 1. The fraction of sp³-hybridized carbons (Fsp3) is 0.0625. The van der Waals surface area contributed by atoms with Gasteiger partial charge in [0.2, 0.25) is 0 Å². The Morgan fingerprint density at radius 2 is 2.04 bits per heavy atom. The van der Waals surface area contributed by atoms with Crippen LogP contribution in [0.2, 0.25) is 0 Å². The Bertz CT molecular complexity index is 832. The molecule has 23 heavy (non-hydrogen) atoms. The topological polar surface area (TPSA) is 59.8 Å². The van der Waals surface area contributed by atoms with E-state index in [2.05, 4.69) is 31.3 Å². The smallest absolute Gasteiger partial charge is 0.258 e. The molecule has 0 saturated carbocycles. The monoisotopic (exact) mass is 388 g/mol. The highest BCUT2D eigenvalue weighted by atomic mass is 79.9. The summed E-state index contributed by atoms with van der Waals surface area (Å²) in [5, 5.41) is 7.79. The van der Waals surface area contributed by atoms with Gasteiger partial charge in [0, 0.05) is 34.9 Å². The van der Waals surface area contributed by atoms with Crippen molar-refractivity contribution in [2.75, 3.05) is 5.32 Å². The molecule has 0 unspecified atom stereocenters. The highest BCUT2D eigenvalue weighted by Crippen LogP contribution is 2.30. The molecular formula is C16H13BrN4OS. The van der Waals surface area contributed by atoms with E-state index >= 15 is 0 Å². The minimum absolute atomic E-state index is 0.191. The SMILES string of the molecule is Cn1ccc(NC(=O)c2ccccc2Sc2ccc(Br)cn2)n1. The van der Waals surface area contributed by atoms with Crippen molar-refractivity contribution in [2.24, 2.45) is 7.05 Å². The normalized spacial score (nSPS) is 10.5. The van der Waals surface area contributed by atoms with Crippen molar-refractivity contribution >= 4 is 39.4 Å². The van der Waals surface area contributed by atoms with Crippen LogP contribution in [-0.4, -0.2) is 20.7 Å². The zero-order chi connectivity index (χ0) is 16.2. The highest BCUT2D eigenvalue weighted by Gasteiger charge is 2.13. The van der Waals surface area contributed by atoms with Gasteiger partial charge in [-0.05, 0) is 40.2 Å². The third kappa shape index (κ3) is 4.00. The molecule has 1 aromatic carbocycles.